The third-order valence-corrected chi connectivity index (χ3v) is 6.69. The van der Waals surface area contributed by atoms with Crippen LogP contribution < -0.4 is 20.3 Å². The van der Waals surface area contributed by atoms with Crippen molar-refractivity contribution in [2.24, 2.45) is 0 Å². The first kappa shape index (κ1) is 24.1. The predicted octanol–water partition coefficient (Wildman–Crippen LogP) is 5.14. The minimum absolute atomic E-state index is 0.100. The van der Waals surface area contributed by atoms with Crippen LogP contribution in [0.2, 0.25) is 0 Å². The summed E-state index contributed by atoms with van der Waals surface area (Å²) in [7, 11) is 1.66. The van der Waals surface area contributed by atoms with Gasteiger partial charge in [0.2, 0.25) is 0 Å². The molecule has 2 N–H and O–H groups in total. The van der Waals surface area contributed by atoms with Crippen LogP contribution in [0.1, 0.15) is 50.2 Å². The summed E-state index contributed by atoms with van der Waals surface area (Å²) in [4.78, 5) is 18.0. The topological polar surface area (TPSA) is 66.6 Å². The average Bonchev–Trinajstić information content (AvgIpc) is 2.85. The number of rotatable bonds is 8. The minimum Gasteiger partial charge on any atom is -0.497 e. The number of aromatic nitrogens is 1. The highest BCUT2D eigenvalue weighted by Crippen LogP contribution is 2.22. The van der Waals surface area contributed by atoms with Crippen molar-refractivity contribution in [3.05, 3.63) is 70.0 Å². The Morgan fingerprint density at radius 1 is 1.06 bits per heavy atom. The van der Waals surface area contributed by atoms with E-state index < -0.39 is 0 Å². The standard InChI is InChI=1S/C27H33N3O3S/c1-3-33-24-13-14-25-20(16-24)15-21(26(31)29-25)18-30(17-19-9-11-23(32-2)12-10-19)27(34)28-22-7-5-4-6-8-22/h9-16,22H,3-8,17-18H2,1-2H3,(H,28,34)(H,29,31). The molecule has 0 aliphatic heterocycles. The molecule has 34 heavy (non-hydrogen) atoms. The number of hydrogen-bond donors (Lipinski definition) is 2. The predicted molar refractivity (Wildman–Crippen MR) is 141 cm³/mol. The number of H-pyrrole nitrogens is 1. The molecule has 0 atom stereocenters. The zero-order valence-corrected chi connectivity index (χ0v) is 20.7. The van der Waals surface area contributed by atoms with Gasteiger partial charge in [-0.05, 0) is 73.9 Å². The lowest BCUT2D eigenvalue weighted by Gasteiger charge is -2.31. The van der Waals surface area contributed by atoms with E-state index in [1.807, 2.05) is 55.5 Å². The van der Waals surface area contributed by atoms with Gasteiger partial charge in [0.1, 0.15) is 11.5 Å². The summed E-state index contributed by atoms with van der Waals surface area (Å²) in [6, 6.07) is 16.0. The summed E-state index contributed by atoms with van der Waals surface area (Å²) in [6.45, 7) is 3.56. The van der Waals surface area contributed by atoms with Crippen LogP contribution in [0.25, 0.3) is 10.9 Å². The summed E-state index contributed by atoms with van der Waals surface area (Å²) in [6.07, 6.45) is 6.01. The van der Waals surface area contributed by atoms with Gasteiger partial charge in [-0.2, -0.15) is 0 Å². The van der Waals surface area contributed by atoms with Crippen LogP contribution >= 0.6 is 12.2 Å². The van der Waals surface area contributed by atoms with E-state index in [2.05, 4.69) is 15.2 Å². The lowest BCUT2D eigenvalue weighted by Crippen LogP contribution is -2.45. The highest BCUT2D eigenvalue weighted by molar-refractivity contribution is 7.80. The van der Waals surface area contributed by atoms with Crippen molar-refractivity contribution in [2.75, 3.05) is 13.7 Å². The van der Waals surface area contributed by atoms with E-state index >= 15 is 0 Å². The van der Waals surface area contributed by atoms with Crippen LogP contribution in [0.5, 0.6) is 11.5 Å². The molecule has 0 spiro atoms. The first-order valence-electron chi connectivity index (χ1n) is 12.0. The van der Waals surface area contributed by atoms with Gasteiger partial charge in [0.15, 0.2) is 5.11 Å². The number of nitrogens with one attached hydrogen (secondary N) is 2. The van der Waals surface area contributed by atoms with Crippen LogP contribution in [-0.2, 0) is 13.1 Å². The van der Waals surface area contributed by atoms with Gasteiger partial charge in [0.05, 0.1) is 20.3 Å². The Bertz CT molecular complexity index is 1170. The summed E-state index contributed by atoms with van der Waals surface area (Å²) in [5.74, 6) is 1.60. The van der Waals surface area contributed by atoms with Gasteiger partial charge < -0.3 is 24.7 Å². The number of hydrogen-bond acceptors (Lipinski definition) is 4. The fourth-order valence-corrected chi connectivity index (χ4v) is 4.77. The smallest absolute Gasteiger partial charge is 0.253 e. The van der Waals surface area contributed by atoms with Crippen molar-refractivity contribution in [3.63, 3.8) is 0 Å². The van der Waals surface area contributed by atoms with Gasteiger partial charge in [0, 0.05) is 29.1 Å². The molecule has 1 saturated carbocycles. The maximum absolute atomic E-state index is 12.9. The van der Waals surface area contributed by atoms with Crippen molar-refractivity contribution in [1.82, 2.24) is 15.2 Å². The Labute approximate surface area is 206 Å². The van der Waals surface area contributed by atoms with Crippen molar-refractivity contribution >= 4 is 28.2 Å². The van der Waals surface area contributed by atoms with E-state index in [4.69, 9.17) is 21.7 Å². The van der Waals surface area contributed by atoms with Gasteiger partial charge in [0.25, 0.3) is 5.56 Å². The largest absolute Gasteiger partial charge is 0.497 e. The molecular formula is C27H33N3O3S. The minimum atomic E-state index is -0.100. The Balaban J connectivity index is 1.60. The maximum Gasteiger partial charge on any atom is 0.253 e. The molecular weight excluding hydrogens is 446 g/mol. The normalized spacial score (nSPS) is 14.1. The van der Waals surface area contributed by atoms with Crippen LogP contribution in [0.15, 0.2) is 53.3 Å². The Morgan fingerprint density at radius 3 is 2.50 bits per heavy atom. The molecule has 3 aromatic rings. The second kappa shape index (κ2) is 11.4. The molecule has 0 radical (unpaired) electrons. The van der Waals surface area contributed by atoms with E-state index in [-0.39, 0.29) is 5.56 Å². The lowest BCUT2D eigenvalue weighted by atomic mass is 9.96. The molecule has 1 aromatic heterocycles. The third kappa shape index (κ3) is 6.08. The van der Waals surface area contributed by atoms with Crippen molar-refractivity contribution in [2.45, 2.75) is 58.2 Å². The van der Waals surface area contributed by atoms with E-state index in [0.717, 1.165) is 40.8 Å². The number of ether oxygens (including phenoxy) is 2. The van der Waals surface area contributed by atoms with Crippen LogP contribution in [0.3, 0.4) is 0 Å². The SMILES string of the molecule is CCOc1ccc2[nH]c(=O)c(CN(Cc3ccc(OC)cc3)C(=S)NC3CCCCC3)cc2c1. The third-order valence-electron chi connectivity index (χ3n) is 6.32. The number of pyridine rings is 1. The van der Waals surface area contributed by atoms with Gasteiger partial charge >= 0.3 is 0 Å². The molecule has 1 heterocycles. The molecule has 2 aromatic carbocycles. The summed E-state index contributed by atoms with van der Waals surface area (Å²) in [5.41, 5.74) is 2.46. The number of aromatic amines is 1. The Morgan fingerprint density at radius 2 is 1.79 bits per heavy atom. The van der Waals surface area contributed by atoms with Crippen molar-refractivity contribution < 1.29 is 9.47 Å². The van der Waals surface area contributed by atoms with Gasteiger partial charge in [-0.3, -0.25) is 4.79 Å². The van der Waals surface area contributed by atoms with E-state index in [1.165, 1.54) is 19.3 Å². The monoisotopic (exact) mass is 479 g/mol. The number of benzene rings is 2. The molecule has 4 rings (SSSR count). The second-order valence-corrected chi connectivity index (χ2v) is 9.18. The van der Waals surface area contributed by atoms with Gasteiger partial charge in [-0.25, -0.2) is 0 Å². The van der Waals surface area contributed by atoms with Crippen LogP contribution in [0.4, 0.5) is 0 Å². The summed E-state index contributed by atoms with van der Waals surface area (Å²) < 4.78 is 10.9. The highest BCUT2D eigenvalue weighted by Gasteiger charge is 2.19. The quantitative estimate of drug-likeness (QED) is 0.436. The molecule has 6 nitrogen and oxygen atoms in total. The summed E-state index contributed by atoms with van der Waals surface area (Å²) >= 11 is 5.86. The number of nitrogens with zero attached hydrogens (tertiary/aromatic N) is 1. The van der Waals surface area contributed by atoms with E-state index in [1.54, 1.807) is 7.11 Å². The van der Waals surface area contributed by atoms with Gasteiger partial charge in [-0.15, -0.1) is 0 Å². The fraction of sp³-hybridized carbons (Fsp3) is 0.407. The molecule has 7 heteroatoms. The zero-order valence-electron chi connectivity index (χ0n) is 19.9. The first-order valence-corrected chi connectivity index (χ1v) is 12.4. The molecule has 1 aliphatic rings. The van der Waals surface area contributed by atoms with E-state index in [0.29, 0.717) is 36.4 Å². The van der Waals surface area contributed by atoms with Crippen molar-refractivity contribution in [1.29, 1.82) is 0 Å². The lowest BCUT2D eigenvalue weighted by molar-refractivity contribution is 0.340. The number of fused-ring (bicyclic) bond motifs is 1. The Hall–Kier alpha value is -3.06. The number of methoxy groups -OCH3 is 1. The second-order valence-electron chi connectivity index (χ2n) is 8.79. The molecule has 0 amide bonds. The first-order chi connectivity index (χ1) is 16.6. The molecule has 180 valence electrons. The fourth-order valence-electron chi connectivity index (χ4n) is 4.47. The molecule has 0 unspecified atom stereocenters. The average molecular weight is 480 g/mol. The molecule has 1 fully saturated rings. The zero-order chi connectivity index (χ0) is 23.9. The van der Waals surface area contributed by atoms with Gasteiger partial charge in [-0.1, -0.05) is 31.4 Å². The highest BCUT2D eigenvalue weighted by atomic mass is 32.1. The molecule has 0 bridgehead atoms. The van der Waals surface area contributed by atoms with Crippen LogP contribution in [0, 0.1) is 0 Å². The number of thiocarbonyl (C=S) groups is 1. The van der Waals surface area contributed by atoms with Crippen molar-refractivity contribution in [3.8, 4) is 11.5 Å². The molecule has 0 saturated heterocycles. The Kier molecular flexibility index (Phi) is 8.06. The van der Waals surface area contributed by atoms with E-state index in [9.17, 15) is 4.79 Å². The maximum atomic E-state index is 12.9. The molecule has 1 aliphatic carbocycles. The van der Waals surface area contributed by atoms with Crippen LogP contribution in [-0.4, -0.2) is 34.8 Å². The summed E-state index contributed by atoms with van der Waals surface area (Å²) in [5, 5.41) is 5.19.